The zero-order chi connectivity index (χ0) is 22.7. The molecule has 0 bridgehead atoms. The van der Waals surface area contributed by atoms with Gasteiger partial charge in [-0.05, 0) is 49.5 Å². The smallest absolute Gasteiger partial charge is 0.303 e. The molecule has 1 saturated heterocycles. The van der Waals surface area contributed by atoms with Crippen molar-refractivity contribution >= 4 is 30.5 Å². The first kappa shape index (κ1) is 22.7. The van der Waals surface area contributed by atoms with Crippen molar-refractivity contribution in [1.82, 2.24) is 14.7 Å². The topological polar surface area (TPSA) is 75.4 Å². The summed E-state index contributed by atoms with van der Waals surface area (Å²) >= 11 is 4.74. The molecule has 32 heavy (non-hydrogen) atoms. The summed E-state index contributed by atoms with van der Waals surface area (Å²) in [6, 6.07) is 7.87. The van der Waals surface area contributed by atoms with Gasteiger partial charge < -0.3 is 5.11 Å². The second-order valence-corrected chi connectivity index (χ2v) is 9.22. The number of carbonyl (C=O) groups excluding carboxylic acids is 1. The molecule has 1 aromatic carbocycles. The first-order valence-electron chi connectivity index (χ1n) is 11.1. The van der Waals surface area contributed by atoms with E-state index in [0.717, 1.165) is 30.5 Å². The fourth-order valence-corrected chi connectivity index (χ4v) is 4.51. The molecule has 170 valence electrons. The van der Waals surface area contributed by atoms with Crippen LogP contribution in [-0.4, -0.2) is 49.9 Å². The zero-order valence-electron chi connectivity index (χ0n) is 17.9. The van der Waals surface area contributed by atoms with Crippen molar-refractivity contribution in [2.75, 3.05) is 13.1 Å². The summed E-state index contributed by atoms with van der Waals surface area (Å²) in [5.74, 6) is -1.02. The number of hydrogen-bond donors (Lipinski definition) is 2. The lowest BCUT2D eigenvalue weighted by Crippen LogP contribution is -2.42. The Morgan fingerprint density at radius 2 is 2.03 bits per heavy atom. The van der Waals surface area contributed by atoms with Crippen molar-refractivity contribution in [3.8, 4) is 0 Å². The van der Waals surface area contributed by atoms with Crippen LogP contribution < -0.4 is 0 Å². The van der Waals surface area contributed by atoms with Gasteiger partial charge in [0.25, 0.3) is 0 Å². The number of carboxylic acid groups (broad SMARTS) is 1. The third kappa shape index (κ3) is 5.48. The number of carbonyl (C=O) groups is 2. The molecule has 1 aliphatic heterocycles. The molecule has 1 aromatic heterocycles. The molecule has 1 N–H and O–H groups in total. The number of aliphatic carboxylic acids is 1. The quantitative estimate of drug-likeness (QED) is 0.557. The second kappa shape index (κ2) is 10.0. The highest BCUT2D eigenvalue weighted by Gasteiger charge is 2.40. The van der Waals surface area contributed by atoms with Gasteiger partial charge in [0.05, 0.1) is 11.7 Å². The van der Waals surface area contributed by atoms with Crippen molar-refractivity contribution in [3.63, 3.8) is 0 Å². The number of thiol groups is 1. The van der Waals surface area contributed by atoms with Gasteiger partial charge >= 0.3 is 5.97 Å². The highest BCUT2D eigenvalue weighted by atomic mass is 32.1. The number of Topliss-reactive ketones (excluding diaryl/α,β-unsaturated/α-hetero) is 1. The number of halogens is 1. The fourth-order valence-electron chi connectivity index (χ4n) is 4.23. The molecule has 2 fully saturated rings. The molecule has 8 heteroatoms. The molecule has 4 rings (SSSR count). The predicted octanol–water partition coefficient (Wildman–Crippen LogP) is 3.99. The van der Waals surface area contributed by atoms with Gasteiger partial charge in [0.1, 0.15) is 5.82 Å². The number of carboxylic acids is 1. The predicted molar refractivity (Wildman–Crippen MR) is 123 cm³/mol. The third-order valence-electron chi connectivity index (χ3n) is 6.09. The minimum Gasteiger partial charge on any atom is -0.481 e. The molecule has 1 saturated carbocycles. The van der Waals surface area contributed by atoms with E-state index < -0.39 is 12.0 Å². The van der Waals surface area contributed by atoms with Crippen LogP contribution in [0.2, 0.25) is 0 Å². The van der Waals surface area contributed by atoms with E-state index in [9.17, 15) is 14.0 Å². The molecule has 2 atom stereocenters. The summed E-state index contributed by atoms with van der Waals surface area (Å²) in [5.41, 5.74) is 2.26. The Kier molecular flexibility index (Phi) is 7.10. The minimum absolute atomic E-state index is 0.0299. The summed E-state index contributed by atoms with van der Waals surface area (Å²) in [5, 5.41) is 13.4. The molecule has 2 unspecified atom stereocenters. The maximum atomic E-state index is 14.7. The molecule has 0 amide bonds. The number of aromatic nitrogens is 2. The monoisotopic (exact) mass is 457 g/mol. The van der Waals surface area contributed by atoms with Crippen molar-refractivity contribution in [3.05, 3.63) is 59.2 Å². The van der Waals surface area contributed by atoms with Crippen LogP contribution in [0.25, 0.3) is 6.08 Å². The van der Waals surface area contributed by atoms with Gasteiger partial charge in [0, 0.05) is 49.0 Å². The average Bonchev–Trinajstić information content (AvgIpc) is 3.52. The molecular formula is C24H28FN3O3S. The van der Waals surface area contributed by atoms with Gasteiger partial charge in [-0.3, -0.25) is 19.2 Å². The highest BCUT2D eigenvalue weighted by Crippen LogP contribution is 2.39. The number of benzene rings is 1. The third-order valence-corrected chi connectivity index (χ3v) is 6.68. The molecule has 2 heterocycles. The zero-order valence-corrected chi connectivity index (χ0v) is 18.8. The maximum absolute atomic E-state index is 14.7. The lowest BCUT2D eigenvalue weighted by molar-refractivity contribution is -0.137. The Bertz CT molecular complexity index is 1020. The fraction of sp³-hybridized carbons (Fsp3) is 0.458. The van der Waals surface area contributed by atoms with E-state index in [1.54, 1.807) is 22.9 Å². The van der Waals surface area contributed by atoms with E-state index in [-0.39, 0.29) is 29.2 Å². The number of ketones is 1. The van der Waals surface area contributed by atoms with Gasteiger partial charge in [-0.2, -0.15) is 17.7 Å². The molecule has 0 spiro atoms. The van der Waals surface area contributed by atoms with E-state index in [1.165, 1.54) is 6.07 Å². The highest BCUT2D eigenvalue weighted by molar-refractivity contribution is 7.81. The first-order valence-corrected chi connectivity index (χ1v) is 11.6. The van der Waals surface area contributed by atoms with Gasteiger partial charge in [0.2, 0.25) is 0 Å². The number of aryl methyl sites for hydroxylation is 1. The minimum atomic E-state index is -0.815. The molecule has 2 aliphatic rings. The molecule has 1 aliphatic carbocycles. The van der Waals surface area contributed by atoms with E-state index in [0.29, 0.717) is 31.6 Å². The van der Waals surface area contributed by atoms with Crippen LogP contribution in [0.15, 0.2) is 42.1 Å². The Morgan fingerprint density at radius 1 is 1.25 bits per heavy atom. The molecule has 0 radical (unpaired) electrons. The lowest BCUT2D eigenvalue weighted by Gasteiger charge is -2.37. The van der Waals surface area contributed by atoms with Gasteiger partial charge in [-0.1, -0.05) is 18.2 Å². The van der Waals surface area contributed by atoms with Crippen molar-refractivity contribution in [2.24, 2.45) is 5.92 Å². The van der Waals surface area contributed by atoms with Crippen LogP contribution >= 0.6 is 12.6 Å². The van der Waals surface area contributed by atoms with E-state index >= 15 is 0 Å². The van der Waals surface area contributed by atoms with E-state index in [4.69, 9.17) is 17.7 Å². The second-order valence-electron chi connectivity index (χ2n) is 8.60. The standard InChI is InChI=1S/C24H28FN3O3S/c25-20-5-2-1-4-19(20)23(24(31)16-7-8-16)27-12-10-21(32)17(15-27)14-18-9-13-28(26-18)11-3-6-22(29)30/h1-2,4-5,9,13-14,16,21,23,32H,3,6-8,10-12,15H2,(H,29,30). The first-order chi connectivity index (χ1) is 15.4. The number of likely N-dealkylation sites (tertiary alicyclic amines) is 1. The van der Waals surface area contributed by atoms with Crippen LogP contribution in [0, 0.1) is 11.7 Å². The van der Waals surface area contributed by atoms with Crippen LogP contribution in [0.4, 0.5) is 4.39 Å². The summed E-state index contributed by atoms with van der Waals surface area (Å²) in [4.78, 5) is 25.9. The molecule has 2 aromatic rings. The SMILES string of the molecule is O=C(O)CCCn1ccc(C=C2CN(C(C(=O)C3CC3)c3ccccc3F)CCC2S)n1. The van der Waals surface area contributed by atoms with Gasteiger partial charge in [0.15, 0.2) is 5.78 Å². The van der Waals surface area contributed by atoms with Gasteiger partial charge in [-0.15, -0.1) is 0 Å². The Labute approximate surface area is 192 Å². The Balaban J connectivity index is 1.52. The number of hydrogen-bond acceptors (Lipinski definition) is 5. The number of rotatable bonds is 9. The summed E-state index contributed by atoms with van der Waals surface area (Å²) < 4.78 is 16.4. The molecule has 6 nitrogen and oxygen atoms in total. The van der Waals surface area contributed by atoms with Crippen LogP contribution in [-0.2, 0) is 16.1 Å². The summed E-state index contributed by atoms with van der Waals surface area (Å²) in [6.07, 6.45) is 6.97. The number of nitrogens with zero attached hydrogens (tertiary/aromatic N) is 3. The number of piperidine rings is 1. The Morgan fingerprint density at radius 3 is 2.75 bits per heavy atom. The lowest BCUT2D eigenvalue weighted by atomic mass is 9.93. The largest absolute Gasteiger partial charge is 0.481 e. The molecular weight excluding hydrogens is 429 g/mol. The maximum Gasteiger partial charge on any atom is 0.303 e. The van der Waals surface area contributed by atoms with Crippen LogP contribution in [0.1, 0.15) is 49.4 Å². The van der Waals surface area contributed by atoms with Crippen LogP contribution in [0.5, 0.6) is 0 Å². The Hall–Kier alpha value is -2.45. The van der Waals surface area contributed by atoms with Crippen molar-refractivity contribution in [2.45, 2.75) is 49.9 Å². The van der Waals surface area contributed by atoms with E-state index in [2.05, 4.69) is 10.00 Å². The van der Waals surface area contributed by atoms with E-state index in [1.807, 2.05) is 18.3 Å². The van der Waals surface area contributed by atoms with Gasteiger partial charge in [-0.25, -0.2) is 4.39 Å². The van der Waals surface area contributed by atoms with Crippen LogP contribution in [0.3, 0.4) is 0 Å². The normalized spacial score (nSPS) is 21.6. The van der Waals surface area contributed by atoms with Crippen molar-refractivity contribution in [1.29, 1.82) is 0 Å². The summed E-state index contributed by atoms with van der Waals surface area (Å²) in [6.45, 7) is 1.74. The van der Waals surface area contributed by atoms with Crippen molar-refractivity contribution < 1.29 is 19.1 Å². The average molecular weight is 458 g/mol. The summed E-state index contributed by atoms with van der Waals surface area (Å²) in [7, 11) is 0.